The third-order valence-electron chi connectivity index (χ3n) is 14.5. The van der Waals surface area contributed by atoms with Crippen molar-refractivity contribution in [2.45, 2.75) is 33.3 Å². The van der Waals surface area contributed by atoms with Crippen molar-refractivity contribution in [2.75, 3.05) is 0 Å². The van der Waals surface area contributed by atoms with Crippen LogP contribution in [0.5, 0.6) is 0 Å². The van der Waals surface area contributed by atoms with Crippen LogP contribution in [0.15, 0.2) is 0 Å². The highest BCUT2D eigenvalue weighted by Gasteiger charge is 3.11. The van der Waals surface area contributed by atoms with Gasteiger partial charge in [-0.25, -0.2) is 9.59 Å². The van der Waals surface area contributed by atoms with E-state index in [1.54, 1.807) is 0 Å². The molecule has 192 valence electrons. The van der Waals surface area contributed by atoms with E-state index in [1.165, 1.54) is 0 Å². The third-order valence-corrected chi connectivity index (χ3v) is 16.1. The van der Waals surface area contributed by atoms with Crippen LogP contribution in [0.2, 0.25) is 0 Å². The highest BCUT2D eigenvalue weighted by molar-refractivity contribution is 6.29. The van der Waals surface area contributed by atoms with Gasteiger partial charge in [-0.05, 0) is 71.0 Å². The lowest BCUT2D eigenvalue weighted by Crippen LogP contribution is -2.61. The van der Waals surface area contributed by atoms with Crippen molar-refractivity contribution in [3.63, 3.8) is 0 Å². The molecule has 12 aliphatic rings. The van der Waals surface area contributed by atoms with Crippen LogP contribution < -0.4 is 0 Å². The van der Waals surface area contributed by atoms with E-state index in [0.29, 0.717) is 0 Å². The van der Waals surface area contributed by atoms with E-state index >= 15 is 0 Å². The molecule has 12 rings (SSSR count). The molecular formula is C24H16Cl2F6O4. The Kier molecular flexibility index (Phi) is 2.51. The molecule has 36 heavy (non-hydrogen) atoms. The molecule has 0 aromatic heterocycles. The molecule has 4 nitrogen and oxygen atoms in total. The van der Waals surface area contributed by atoms with Gasteiger partial charge in [-0.2, -0.15) is 26.3 Å². The van der Waals surface area contributed by atoms with Gasteiger partial charge in [-0.1, -0.05) is 0 Å². The highest BCUT2D eigenvalue weighted by atomic mass is 35.5. The molecule has 0 saturated heterocycles. The Morgan fingerprint density at radius 2 is 0.722 bits per heavy atom. The van der Waals surface area contributed by atoms with Crippen molar-refractivity contribution < 1.29 is 45.4 Å². The minimum atomic E-state index is -5.17. The van der Waals surface area contributed by atoms with Gasteiger partial charge in [0.2, 0.25) is 0 Å². The van der Waals surface area contributed by atoms with Gasteiger partial charge < -0.3 is 9.47 Å². The summed E-state index contributed by atoms with van der Waals surface area (Å²) in [4.78, 5) is 22.7. The summed E-state index contributed by atoms with van der Waals surface area (Å²) in [5, 5.41) is 0. The average molecular weight is 553 g/mol. The fourth-order valence-corrected chi connectivity index (χ4v) is 17.7. The van der Waals surface area contributed by atoms with Crippen LogP contribution in [0.25, 0.3) is 0 Å². The molecule has 0 aromatic rings. The van der Waals surface area contributed by atoms with Crippen molar-refractivity contribution in [2.24, 2.45) is 94.7 Å². The average Bonchev–Trinajstić information content (AvgIpc) is 3.54. The molecule has 0 amide bonds. The second kappa shape index (κ2) is 4.50. The molecule has 0 heterocycles. The van der Waals surface area contributed by atoms with Gasteiger partial charge in [0.1, 0.15) is 11.2 Å². The van der Waals surface area contributed by atoms with Crippen molar-refractivity contribution in [3.8, 4) is 0 Å². The topological polar surface area (TPSA) is 52.6 Å². The summed E-state index contributed by atoms with van der Waals surface area (Å²) >= 11 is 15.2. The SMILES string of the molecule is O=C(OC12[C@@H]3C4C5[C@@H]6[C@@H]7[C@@H]([C@H]8C9C%10[C@@H]%11[C@H]([C@@H]3[C@H]%10C81Cl)[C@H]4C6(OC(=O)C(F)(F)F)C%11(Cl)[C@@H]97)[C@H]52)C(F)(F)F. The zero-order valence-corrected chi connectivity index (χ0v) is 19.4. The number of carbonyl (C=O) groups is 2. The molecule has 0 aliphatic heterocycles. The van der Waals surface area contributed by atoms with Crippen LogP contribution in [0.4, 0.5) is 26.3 Å². The van der Waals surface area contributed by atoms with Crippen LogP contribution in [0.1, 0.15) is 0 Å². The fourth-order valence-electron chi connectivity index (χ4n) is 16.0. The Morgan fingerprint density at radius 3 is 0.972 bits per heavy atom. The summed E-state index contributed by atoms with van der Waals surface area (Å²) in [6, 6.07) is 0. The number of carbonyl (C=O) groups excluding carboxylic acids is 2. The van der Waals surface area contributed by atoms with E-state index in [9.17, 15) is 35.9 Å². The molecule has 12 saturated carbocycles. The zero-order valence-electron chi connectivity index (χ0n) is 17.9. The quantitative estimate of drug-likeness (QED) is 0.298. The number of esters is 2. The van der Waals surface area contributed by atoms with E-state index in [-0.39, 0.29) is 71.0 Å². The lowest BCUT2D eigenvalue weighted by atomic mass is 9.72. The smallest absolute Gasteiger partial charge is 0.450 e. The first-order valence-electron chi connectivity index (χ1n) is 12.7. The monoisotopic (exact) mass is 552 g/mol. The Bertz CT molecular complexity index is 1160. The van der Waals surface area contributed by atoms with Gasteiger partial charge in [0.15, 0.2) is 0 Å². The minimum Gasteiger partial charge on any atom is -0.450 e. The number of hydrogen-bond acceptors (Lipinski definition) is 4. The first kappa shape index (κ1) is 20.1. The predicted molar refractivity (Wildman–Crippen MR) is 103 cm³/mol. The molecule has 0 spiro atoms. The second-order valence-corrected chi connectivity index (χ2v) is 15.0. The third kappa shape index (κ3) is 1.22. The Morgan fingerprint density at radius 1 is 0.500 bits per heavy atom. The van der Waals surface area contributed by atoms with Crippen molar-refractivity contribution in [1.82, 2.24) is 0 Å². The van der Waals surface area contributed by atoms with Crippen molar-refractivity contribution >= 4 is 35.1 Å². The highest BCUT2D eigenvalue weighted by Crippen LogP contribution is 3.06. The summed E-state index contributed by atoms with van der Waals surface area (Å²) in [5.41, 5.74) is -2.90. The molecule has 12 fully saturated rings. The van der Waals surface area contributed by atoms with Crippen LogP contribution in [0, 0.1) is 94.7 Å². The summed E-state index contributed by atoms with van der Waals surface area (Å²) in [7, 11) is 0. The molecular weight excluding hydrogens is 537 g/mol. The molecule has 0 aromatic carbocycles. The summed E-state index contributed by atoms with van der Waals surface area (Å²) < 4.78 is 92.8. The Balaban J connectivity index is 1.21. The molecule has 0 N–H and O–H groups in total. The minimum absolute atomic E-state index is 0.0297. The number of hydrogen-bond donors (Lipinski definition) is 0. The largest absolute Gasteiger partial charge is 0.490 e. The Labute approximate surface area is 208 Å². The van der Waals surface area contributed by atoms with Gasteiger partial charge >= 0.3 is 24.3 Å². The standard InChI is InChI=1S/C24H16Cl2F6O4/c25-19-9-1-2-11(19)5-6-12(2)20(26)10(1)4-3(9)13-7-8(15(5)21(13,19)35-17(33)23(27,28)29)16(6)22(20,14(4)7)36-18(34)24(30,31)32/h1-16H/t1?,2?,3-,4+,5+,6-,7?,8?,9+,10-,11-,12+,13+,14-,15-,16+,19?,20?,21?,22?. The number of halogens is 8. The lowest BCUT2D eigenvalue weighted by Gasteiger charge is -2.48. The van der Waals surface area contributed by atoms with E-state index in [0.717, 1.165) is 0 Å². The summed E-state index contributed by atoms with van der Waals surface area (Å²) in [6.45, 7) is 0. The van der Waals surface area contributed by atoms with Gasteiger partial charge in [0.25, 0.3) is 0 Å². The molecule has 12 heteroatoms. The maximum absolute atomic E-state index is 13.6. The molecule has 0 radical (unpaired) electrons. The number of ether oxygens (including phenoxy) is 2. The first-order chi connectivity index (χ1) is 16.7. The van der Waals surface area contributed by atoms with Gasteiger partial charge in [-0.3, -0.25) is 0 Å². The van der Waals surface area contributed by atoms with E-state index in [1.807, 2.05) is 0 Å². The molecule has 20 atom stereocenters. The number of alkyl halides is 8. The molecule has 8 unspecified atom stereocenters. The van der Waals surface area contributed by atoms with Gasteiger partial charge in [0.05, 0.1) is 9.75 Å². The van der Waals surface area contributed by atoms with E-state index in [4.69, 9.17) is 32.7 Å². The fraction of sp³-hybridized carbons (Fsp3) is 0.917. The van der Waals surface area contributed by atoms with Crippen LogP contribution in [0.3, 0.4) is 0 Å². The van der Waals surface area contributed by atoms with Crippen molar-refractivity contribution in [3.05, 3.63) is 0 Å². The maximum atomic E-state index is 13.6. The van der Waals surface area contributed by atoms with Crippen LogP contribution in [-0.4, -0.2) is 45.2 Å². The lowest BCUT2D eigenvalue weighted by molar-refractivity contribution is -0.227. The normalized spacial score (nSPS) is 74.2. The molecule has 12 aliphatic carbocycles. The Hall–Kier alpha value is -0.900. The van der Waals surface area contributed by atoms with Crippen molar-refractivity contribution in [1.29, 1.82) is 0 Å². The zero-order chi connectivity index (χ0) is 24.8. The van der Waals surface area contributed by atoms with Gasteiger partial charge in [0, 0.05) is 23.7 Å². The molecule has 0 bridgehead atoms. The van der Waals surface area contributed by atoms with Crippen LogP contribution >= 0.6 is 23.2 Å². The second-order valence-electron chi connectivity index (χ2n) is 13.7. The maximum Gasteiger partial charge on any atom is 0.490 e. The summed E-state index contributed by atoms with van der Waals surface area (Å²) in [6.07, 6.45) is -10.3. The van der Waals surface area contributed by atoms with E-state index in [2.05, 4.69) is 0 Å². The summed E-state index contributed by atoms with van der Waals surface area (Å²) in [5.74, 6) is -8.10. The van der Waals surface area contributed by atoms with Gasteiger partial charge in [-0.15, -0.1) is 23.2 Å². The van der Waals surface area contributed by atoms with Crippen LogP contribution in [-0.2, 0) is 19.1 Å². The first-order valence-corrected chi connectivity index (χ1v) is 13.5. The predicted octanol–water partition coefficient (Wildman–Crippen LogP) is 3.64. The number of rotatable bonds is 2. The van der Waals surface area contributed by atoms with E-state index < -0.39 is 68.9 Å².